The van der Waals surface area contributed by atoms with Crippen molar-refractivity contribution in [2.45, 2.75) is 225 Å². The first-order valence-corrected chi connectivity index (χ1v) is 22.1. The molecule has 0 aliphatic carbocycles. The number of ether oxygens (including phenoxy) is 3. The Morgan fingerprint density at radius 1 is 0.500 bits per heavy atom. The summed E-state index contributed by atoms with van der Waals surface area (Å²) in [5.41, 5.74) is 0. The number of hydrogen-bond donors (Lipinski definition) is 0. The maximum atomic E-state index is 12.7. The average Bonchev–Trinajstić information content (AvgIpc) is 3.09. The number of carboxylic acid groups (broad SMARTS) is 1. The summed E-state index contributed by atoms with van der Waals surface area (Å²) in [6.07, 6.45) is 35.4. The van der Waals surface area contributed by atoms with E-state index in [2.05, 4.69) is 13.8 Å². The van der Waals surface area contributed by atoms with Crippen molar-refractivity contribution in [2.75, 3.05) is 41.0 Å². The normalized spacial score (nSPS) is 12.9. The van der Waals surface area contributed by atoms with Gasteiger partial charge in [-0.15, -0.1) is 0 Å². The summed E-state index contributed by atoms with van der Waals surface area (Å²) < 4.78 is 17.2. The van der Waals surface area contributed by atoms with Crippen molar-refractivity contribution in [1.82, 2.24) is 0 Å². The molecule has 2 unspecified atom stereocenters. The van der Waals surface area contributed by atoms with Gasteiger partial charge in [-0.05, 0) is 12.8 Å². The molecule has 0 amide bonds. The molecule has 0 rings (SSSR count). The molecular formula is C44H85NO7. The van der Waals surface area contributed by atoms with Crippen LogP contribution in [0.25, 0.3) is 0 Å². The minimum absolute atomic E-state index is 0.0491. The zero-order chi connectivity index (χ0) is 38.5. The quantitative estimate of drug-likeness (QED) is 0.0350. The van der Waals surface area contributed by atoms with Crippen LogP contribution in [0.15, 0.2) is 0 Å². The average molecular weight is 740 g/mol. The Hall–Kier alpha value is -1.67. The molecule has 0 aliphatic rings. The summed E-state index contributed by atoms with van der Waals surface area (Å²) in [7, 11) is 5.42. The lowest BCUT2D eigenvalue weighted by atomic mass is 10.0. The highest BCUT2D eigenvalue weighted by Crippen LogP contribution is 2.16. The molecule has 0 bridgehead atoms. The molecule has 308 valence electrons. The van der Waals surface area contributed by atoms with E-state index in [0.717, 1.165) is 38.5 Å². The summed E-state index contributed by atoms with van der Waals surface area (Å²) in [6, 6.07) is -0.718. The standard InChI is InChI=1S/C44H85NO7/c1-6-8-10-12-14-16-18-20-22-24-26-28-30-32-34-42(46)51-39-40(38-50-37-36-41(44(48)49)45(3,4)5)52-43(47)35-33-31-29-27-25-23-21-19-17-15-13-11-9-7-2/h40-41H,6-39H2,1-5H3. The Labute approximate surface area is 321 Å². The van der Waals surface area contributed by atoms with Gasteiger partial charge in [-0.2, -0.15) is 0 Å². The van der Waals surface area contributed by atoms with E-state index in [0.29, 0.717) is 12.8 Å². The molecule has 0 radical (unpaired) electrons. The number of rotatable bonds is 40. The number of carboxylic acids is 1. The van der Waals surface area contributed by atoms with Gasteiger partial charge in [0.1, 0.15) is 12.6 Å². The van der Waals surface area contributed by atoms with E-state index in [-0.39, 0.29) is 42.7 Å². The Balaban J connectivity index is 4.31. The van der Waals surface area contributed by atoms with Gasteiger partial charge in [0.25, 0.3) is 0 Å². The number of nitrogens with zero attached hydrogens (tertiary/aromatic N) is 1. The zero-order valence-corrected chi connectivity index (χ0v) is 35.0. The first kappa shape index (κ1) is 50.3. The number of quaternary nitrogens is 1. The van der Waals surface area contributed by atoms with Crippen molar-refractivity contribution >= 4 is 17.9 Å². The molecule has 0 heterocycles. The van der Waals surface area contributed by atoms with Crippen molar-refractivity contribution in [1.29, 1.82) is 0 Å². The predicted octanol–water partition coefficient (Wildman–Crippen LogP) is 10.4. The van der Waals surface area contributed by atoms with Crippen LogP contribution in [0.1, 0.15) is 213 Å². The summed E-state index contributed by atoms with van der Waals surface area (Å²) in [5.74, 6) is -1.71. The van der Waals surface area contributed by atoms with Crippen LogP contribution in [0.3, 0.4) is 0 Å². The van der Waals surface area contributed by atoms with Crippen LogP contribution in [-0.4, -0.2) is 75.5 Å². The number of unbranched alkanes of at least 4 members (excludes halogenated alkanes) is 26. The molecule has 0 spiro atoms. The number of carbonyl (C=O) groups is 3. The van der Waals surface area contributed by atoms with Crippen LogP contribution in [0.5, 0.6) is 0 Å². The maximum absolute atomic E-state index is 12.7. The van der Waals surface area contributed by atoms with E-state index >= 15 is 0 Å². The molecule has 0 aromatic rings. The molecule has 8 heteroatoms. The summed E-state index contributed by atoms with van der Waals surface area (Å²) in [6.45, 7) is 4.69. The fraction of sp³-hybridized carbons (Fsp3) is 0.932. The lowest BCUT2D eigenvalue weighted by Crippen LogP contribution is -2.55. The smallest absolute Gasteiger partial charge is 0.306 e. The number of esters is 2. The highest BCUT2D eigenvalue weighted by atomic mass is 16.6. The third kappa shape index (κ3) is 34.1. The molecule has 0 fully saturated rings. The Bertz CT molecular complexity index is 828. The Kier molecular flexibility index (Phi) is 35.1. The molecule has 0 saturated carbocycles. The second kappa shape index (κ2) is 36.3. The number of aliphatic carboxylic acids is 1. The van der Waals surface area contributed by atoms with Gasteiger partial charge in [0.2, 0.25) is 0 Å². The van der Waals surface area contributed by atoms with Gasteiger partial charge in [-0.3, -0.25) is 9.59 Å². The largest absolute Gasteiger partial charge is 0.544 e. The molecule has 8 nitrogen and oxygen atoms in total. The van der Waals surface area contributed by atoms with Gasteiger partial charge in [-0.1, -0.05) is 181 Å². The first-order chi connectivity index (χ1) is 25.1. The van der Waals surface area contributed by atoms with Crippen molar-refractivity contribution in [3.05, 3.63) is 0 Å². The minimum atomic E-state index is -1.12. The molecule has 0 aromatic heterocycles. The van der Waals surface area contributed by atoms with E-state index in [1.807, 2.05) is 0 Å². The minimum Gasteiger partial charge on any atom is -0.544 e. The molecule has 2 atom stereocenters. The van der Waals surface area contributed by atoms with Gasteiger partial charge in [0.05, 0.1) is 40.3 Å². The van der Waals surface area contributed by atoms with Crippen LogP contribution in [0.4, 0.5) is 0 Å². The van der Waals surface area contributed by atoms with Crippen LogP contribution in [0.2, 0.25) is 0 Å². The van der Waals surface area contributed by atoms with Gasteiger partial charge in [-0.25, -0.2) is 0 Å². The summed E-state index contributed by atoms with van der Waals surface area (Å²) in [4.78, 5) is 36.8. The van der Waals surface area contributed by atoms with E-state index in [1.54, 1.807) is 21.1 Å². The predicted molar refractivity (Wildman–Crippen MR) is 213 cm³/mol. The highest BCUT2D eigenvalue weighted by Gasteiger charge is 2.25. The topological polar surface area (TPSA) is 102 Å². The third-order valence-electron chi connectivity index (χ3n) is 10.2. The van der Waals surface area contributed by atoms with Crippen molar-refractivity contribution in [3.63, 3.8) is 0 Å². The Morgan fingerprint density at radius 3 is 1.19 bits per heavy atom. The monoisotopic (exact) mass is 740 g/mol. The zero-order valence-electron chi connectivity index (χ0n) is 35.0. The number of hydrogen-bond acceptors (Lipinski definition) is 7. The van der Waals surface area contributed by atoms with E-state index in [9.17, 15) is 19.5 Å². The number of likely N-dealkylation sites (N-methyl/N-ethyl adjacent to an activating group) is 1. The summed E-state index contributed by atoms with van der Waals surface area (Å²) >= 11 is 0. The van der Waals surface area contributed by atoms with Gasteiger partial charge in [0.15, 0.2) is 6.10 Å². The molecular weight excluding hydrogens is 654 g/mol. The van der Waals surface area contributed by atoms with Gasteiger partial charge < -0.3 is 28.6 Å². The van der Waals surface area contributed by atoms with Gasteiger partial charge in [0, 0.05) is 19.3 Å². The second-order valence-corrected chi connectivity index (χ2v) is 16.3. The molecule has 52 heavy (non-hydrogen) atoms. The third-order valence-corrected chi connectivity index (χ3v) is 10.2. The van der Waals surface area contributed by atoms with Crippen molar-refractivity contribution in [2.24, 2.45) is 0 Å². The maximum Gasteiger partial charge on any atom is 0.306 e. The van der Waals surface area contributed by atoms with Crippen molar-refractivity contribution in [3.8, 4) is 0 Å². The molecule has 0 N–H and O–H groups in total. The van der Waals surface area contributed by atoms with Crippen LogP contribution >= 0.6 is 0 Å². The van der Waals surface area contributed by atoms with Crippen LogP contribution < -0.4 is 5.11 Å². The number of carbonyl (C=O) groups excluding carboxylic acids is 3. The fourth-order valence-corrected chi connectivity index (χ4v) is 6.78. The van der Waals surface area contributed by atoms with Crippen LogP contribution in [0, 0.1) is 0 Å². The lowest BCUT2D eigenvalue weighted by molar-refractivity contribution is -0.889. The Morgan fingerprint density at radius 2 is 0.846 bits per heavy atom. The molecule has 0 aromatic carbocycles. The molecule has 0 saturated heterocycles. The van der Waals surface area contributed by atoms with E-state index in [1.165, 1.54) is 141 Å². The van der Waals surface area contributed by atoms with E-state index < -0.39 is 18.1 Å². The highest BCUT2D eigenvalue weighted by molar-refractivity contribution is 5.70. The second-order valence-electron chi connectivity index (χ2n) is 16.3. The summed E-state index contributed by atoms with van der Waals surface area (Å²) in [5, 5.41) is 11.6. The van der Waals surface area contributed by atoms with Gasteiger partial charge >= 0.3 is 11.9 Å². The fourth-order valence-electron chi connectivity index (χ4n) is 6.78. The van der Waals surface area contributed by atoms with Crippen LogP contribution in [-0.2, 0) is 28.6 Å². The lowest BCUT2D eigenvalue weighted by Gasteiger charge is -2.34. The SMILES string of the molecule is CCCCCCCCCCCCCCCCC(=O)OCC(COCCC(C(=O)[O-])[N+](C)(C)C)OC(=O)CCCCCCCCCCCCCCCC. The van der Waals surface area contributed by atoms with E-state index in [4.69, 9.17) is 14.2 Å². The first-order valence-electron chi connectivity index (χ1n) is 22.1. The molecule has 0 aliphatic heterocycles. The van der Waals surface area contributed by atoms with Crippen molar-refractivity contribution < 1.29 is 38.2 Å².